The molecule has 0 aliphatic heterocycles. The van der Waals surface area contributed by atoms with Crippen LogP contribution in [0.25, 0.3) is 0 Å². The van der Waals surface area contributed by atoms with Crippen LogP contribution in [0.4, 0.5) is 11.6 Å². The molecule has 3 rings (SSSR count). The van der Waals surface area contributed by atoms with Crippen molar-refractivity contribution in [3.8, 4) is 0 Å². The summed E-state index contributed by atoms with van der Waals surface area (Å²) >= 11 is 0. The summed E-state index contributed by atoms with van der Waals surface area (Å²) in [6, 6.07) is 16.9. The Balaban J connectivity index is 1.72. The summed E-state index contributed by atoms with van der Waals surface area (Å²) < 4.78 is 0. The van der Waals surface area contributed by atoms with Crippen molar-refractivity contribution in [3.63, 3.8) is 0 Å². The average molecular weight is 375 g/mol. The zero-order valence-corrected chi connectivity index (χ0v) is 16.4. The van der Waals surface area contributed by atoms with Crippen LogP contribution >= 0.6 is 0 Å². The first-order chi connectivity index (χ1) is 13.6. The molecule has 1 unspecified atom stereocenters. The average Bonchev–Trinajstić information content (AvgIpc) is 2.74. The van der Waals surface area contributed by atoms with Crippen LogP contribution in [0.2, 0.25) is 0 Å². The Kier molecular flexibility index (Phi) is 6.32. The minimum Gasteiger partial charge on any atom is -0.346 e. The summed E-state index contributed by atoms with van der Waals surface area (Å²) in [7, 11) is 0. The quantitative estimate of drug-likeness (QED) is 0.639. The number of amides is 1. The third-order valence-corrected chi connectivity index (χ3v) is 4.54. The third kappa shape index (κ3) is 4.71. The molecule has 0 spiro atoms. The van der Waals surface area contributed by atoms with Crippen LogP contribution < -0.4 is 10.6 Å². The van der Waals surface area contributed by atoms with Crippen molar-refractivity contribution < 1.29 is 4.79 Å². The normalized spacial score (nSPS) is 11.7. The maximum atomic E-state index is 12.4. The monoisotopic (exact) mass is 375 g/mol. The van der Waals surface area contributed by atoms with Gasteiger partial charge < -0.3 is 10.6 Å². The zero-order chi connectivity index (χ0) is 19.9. The third-order valence-electron chi connectivity index (χ3n) is 4.54. The number of carbonyl (C=O) groups excluding carboxylic acids is 1. The van der Waals surface area contributed by atoms with Gasteiger partial charge in [0, 0.05) is 11.3 Å². The molecule has 0 bridgehead atoms. The number of hydrogen-bond donors (Lipinski definition) is 2. The van der Waals surface area contributed by atoms with Gasteiger partial charge in [-0.05, 0) is 49.6 Å². The molecule has 0 aliphatic rings. The molecule has 0 saturated carbocycles. The maximum Gasteiger partial charge on any atom is 0.255 e. The summed E-state index contributed by atoms with van der Waals surface area (Å²) in [6.45, 7) is 6.14. The van der Waals surface area contributed by atoms with Crippen molar-refractivity contribution in [2.24, 2.45) is 0 Å². The number of aryl methyl sites for hydroxylation is 2. The molecule has 0 radical (unpaired) electrons. The SMILES string of the molecule is CCc1nnc(NC(C)c2cccc(NC(=O)c3ccccc3)c2)nc1CC. The van der Waals surface area contributed by atoms with Gasteiger partial charge in [-0.25, -0.2) is 4.98 Å². The lowest BCUT2D eigenvalue weighted by Gasteiger charge is -2.16. The highest BCUT2D eigenvalue weighted by Crippen LogP contribution is 2.21. The molecule has 2 aromatic carbocycles. The Bertz CT molecular complexity index is 943. The second-order valence-electron chi connectivity index (χ2n) is 6.55. The van der Waals surface area contributed by atoms with E-state index in [9.17, 15) is 4.79 Å². The lowest BCUT2D eigenvalue weighted by atomic mass is 10.1. The fourth-order valence-corrected chi connectivity index (χ4v) is 2.95. The van der Waals surface area contributed by atoms with Gasteiger partial charge in [0.05, 0.1) is 17.4 Å². The van der Waals surface area contributed by atoms with Crippen LogP contribution in [0.3, 0.4) is 0 Å². The van der Waals surface area contributed by atoms with Crippen LogP contribution in [-0.2, 0) is 12.8 Å². The van der Waals surface area contributed by atoms with E-state index in [0.29, 0.717) is 11.5 Å². The lowest BCUT2D eigenvalue weighted by Crippen LogP contribution is -2.14. The highest BCUT2D eigenvalue weighted by atomic mass is 16.1. The van der Waals surface area contributed by atoms with Crippen molar-refractivity contribution >= 4 is 17.5 Å². The lowest BCUT2D eigenvalue weighted by molar-refractivity contribution is 0.102. The van der Waals surface area contributed by atoms with Gasteiger partial charge in [-0.15, -0.1) is 5.10 Å². The van der Waals surface area contributed by atoms with E-state index in [1.165, 1.54) is 0 Å². The molecule has 28 heavy (non-hydrogen) atoms. The molecule has 2 N–H and O–H groups in total. The number of benzene rings is 2. The van der Waals surface area contributed by atoms with E-state index in [2.05, 4.69) is 39.7 Å². The van der Waals surface area contributed by atoms with Gasteiger partial charge in [0.1, 0.15) is 0 Å². The van der Waals surface area contributed by atoms with Gasteiger partial charge >= 0.3 is 0 Å². The number of nitrogens with one attached hydrogen (secondary N) is 2. The van der Waals surface area contributed by atoms with Gasteiger partial charge in [-0.2, -0.15) is 5.10 Å². The largest absolute Gasteiger partial charge is 0.346 e. The van der Waals surface area contributed by atoms with Crippen LogP contribution in [-0.4, -0.2) is 21.1 Å². The molecule has 1 amide bonds. The van der Waals surface area contributed by atoms with Crippen LogP contribution in [0.1, 0.15) is 54.1 Å². The van der Waals surface area contributed by atoms with Gasteiger partial charge in [0.15, 0.2) is 0 Å². The maximum absolute atomic E-state index is 12.4. The number of carbonyl (C=O) groups is 1. The predicted octanol–water partition coefficient (Wildman–Crippen LogP) is 4.42. The minimum atomic E-state index is -0.131. The number of anilines is 2. The Labute approximate surface area is 165 Å². The van der Waals surface area contributed by atoms with Gasteiger partial charge in [-0.1, -0.05) is 44.2 Å². The molecular weight excluding hydrogens is 350 g/mol. The van der Waals surface area contributed by atoms with Crippen LogP contribution in [0, 0.1) is 0 Å². The van der Waals surface area contributed by atoms with Gasteiger partial charge in [-0.3, -0.25) is 4.79 Å². The summed E-state index contributed by atoms with van der Waals surface area (Å²) in [5.41, 5.74) is 4.30. The molecule has 6 nitrogen and oxygen atoms in total. The molecular formula is C22H25N5O. The molecule has 0 fully saturated rings. The van der Waals surface area contributed by atoms with E-state index in [-0.39, 0.29) is 11.9 Å². The molecule has 0 saturated heterocycles. The second kappa shape index (κ2) is 9.08. The Morgan fingerprint density at radius 1 is 0.964 bits per heavy atom. The van der Waals surface area contributed by atoms with E-state index in [4.69, 9.17) is 0 Å². The fraction of sp³-hybridized carbons (Fsp3) is 0.273. The predicted molar refractivity (Wildman–Crippen MR) is 111 cm³/mol. The van der Waals surface area contributed by atoms with E-state index >= 15 is 0 Å². The van der Waals surface area contributed by atoms with Crippen molar-refractivity contribution in [3.05, 3.63) is 77.1 Å². The summed E-state index contributed by atoms with van der Waals surface area (Å²) in [6.07, 6.45) is 1.64. The molecule has 144 valence electrons. The topological polar surface area (TPSA) is 79.8 Å². The number of nitrogens with zero attached hydrogens (tertiary/aromatic N) is 3. The summed E-state index contributed by atoms with van der Waals surface area (Å²) in [4.78, 5) is 16.9. The van der Waals surface area contributed by atoms with E-state index < -0.39 is 0 Å². The second-order valence-corrected chi connectivity index (χ2v) is 6.55. The summed E-state index contributed by atoms with van der Waals surface area (Å²) in [5, 5.41) is 14.7. The first-order valence-electron chi connectivity index (χ1n) is 9.56. The van der Waals surface area contributed by atoms with Crippen LogP contribution in [0.15, 0.2) is 54.6 Å². The first-order valence-corrected chi connectivity index (χ1v) is 9.56. The molecule has 0 aliphatic carbocycles. The molecule has 1 heterocycles. The smallest absolute Gasteiger partial charge is 0.255 e. The molecule has 3 aromatic rings. The molecule has 6 heteroatoms. The minimum absolute atomic E-state index is 0.0347. The number of aromatic nitrogens is 3. The molecule has 1 aromatic heterocycles. The van der Waals surface area contributed by atoms with Gasteiger partial charge in [0.25, 0.3) is 5.91 Å². The molecule has 1 atom stereocenters. The number of rotatable bonds is 7. The van der Waals surface area contributed by atoms with Crippen molar-refractivity contribution in [2.45, 2.75) is 39.7 Å². The first kappa shape index (κ1) is 19.5. The van der Waals surface area contributed by atoms with Crippen molar-refractivity contribution in [1.82, 2.24) is 15.2 Å². The highest BCUT2D eigenvalue weighted by Gasteiger charge is 2.12. The zero-order valence-electron chi connectivity index (χ0n) is 16.4. The number of hydrogen-bond acceptors (Lipinski definition) is 5. The summed E-state index contributed by atoms with van der Waals surface area (Å²) in [5.74, 6) is 0.383. The van der Waals surface area contributed by atoms with Crippen molar-refractivity contribution in [2.75, 3.05) is 10.6 Å². The Morgan fingerprint density at radius 3 is 2.43 bits per heavy atom. The highest BCUT2D eigenvalue weighted by molar-refractivity contribution is 6.04. The van der Waals surface area contributed by atoms with Crippen molar-refractivity contribution in [1.29, 1.82) is 0 Å². The Hall–Kier alpha value is -3.28. The Morgan fingerprint density at radius 2 is 1.71 bits per heavy atom. The van der Waals surface area contributed by atoms with E-state index in [0.717, 1.165) is 35.5 Å². The van der Waals surface area contributed by atoms with Crippen LogP contribution in [0.5, 0.6) is 0 Å². The standard InChI is InChI=1S/C22H25N5O/c1-4-19-20(5-2)26-27-22(25-19)23-15(3)17-12-9-13-18(14-17)24-21(28)16-10-7-6-8-11-16/h6-15H,4-5H2,1-3H3,(H,24,28)(H,23,25,27). The fourth-order valence-electron chi connectivity index (χ4n) is 2.95. The van der Waals surface area contributed by atoms with Gasteiger partial charge in [0.2, 0.25) is 5.95 Å². The van der Waals surface area contributed by atoms with E-state index in [1.807, 2.05) is 49.4 Å². The van der Waals surface area contributed by atoms with E-state index in [1.54, 1.807) is 12.1 Å².